The number of carbonyl (C=O) groups excluding carboxylic acids is 3. The lowest BCUT2D eigenvalue weighted by molar-refractivity contribution is 0.0849. The molecule has 4 aromatic rings. The third-order valence-corrected chi connectivity index (χ3v) is 7.37. The van der Waals surface area contributed by atoms with E-state index >= 15 is 0 Å². The Kier molecular flexibility index (Phi) is 7.45. The minimum Gasteiger partial charge on any atom is -0.322 e. The summed E-state index contributed by atoms with van der Waals surface area (Å²) in [5.41, 5.74) is 5.73. The van der Waals surface area contributed by atoms with Crippen molar-refractivity contribution in [1.29, 1.82) is 0 Å². The van der Waals surface area contributed by atoms with Gasteiger partial charge in [0.05, 0.1) is 15.6 Å². The number of thiophene rings is 1. The van der Waals surface area contributed by atoms with E-state index in [1.807, 2.05) is 18.2 Å². The van der Waals surface area contributed by atoms with Gasteiger partial charge in [-0.2, -0.15) is 0 Å². The molecular weight excluding hydrogens is 585 g/mol. The number of anilines is 1. The van der Waals surface area contributed by atoms with Crippen LogP contribution in [0, 0.1) is 0 Å². The van der Waals surface area contributed by atoms with Gasteiger partial charge in [0.25, 0.3) is 17.7 Å². The van der Waals surface area contributed by atoms with E-state index in [0.717, 1.165) is 14.6 Å². The highest BCUT2D eigenvalue weighted by molar-refractivity contribution is 9.10. The number of rotatable bonds is 4. The fraction of sp³-hybridized carbons (Fsp3) is 0. The van der Waals surface area contributed by atoms with Crippen molar-refractivity contribution in [2.45, 2.75) is 0 Å². The number of hydrogen-bond acceptors (Lipinski definition) is 4. The first kappa shape index (κ1) is 24.5. The zero-order valence-electron chi connectivity index (χ0n) is 16.9. The first-order chi connectivity index (χ1) is 16.2. The van der Waals surface area contributed by atoms with Gasteiger partial charge in [-0.3, -0.25) is 25.2 Å². The van der Waals surface area contributed by atoms with Crippen molar-refractivity contribution in [1.82, 2.24) is 10.9 Å². The van der Waals surface area contributed by atoms with E-state index in [9.17, 15) is 14.4 Å². The maximum absolute atomic E-state index is 12.5. The molecule has 0 radical (unpaired) electrons. The van der Waals surface area contributed by atoms with E-state index in [1.54, 1.807) is 18.2 Å². The molecule has 6 nitrogen and oxygen atoms in total. The second-order valence-corrected chi connectivity index (χ2v) is 10.1. The molecule has 0 spiro atoms. The molecule has 1 aromatic heterocycles. The highest BCUT2D eigenvalue weighted by Crippen LogP contribution is 2.36. The van der Waals surface area contributed by atoms with Crippen molar-refractivity contribution in [3.05, 3.63) is 96.2 Å². The predicted octanol–water partition coefficient (Wildman–Crippen LogP) is 6.95. The van der Waals surface area contributed by atoms with Gasteiger partial charge >= 0.3 is 0 Å². The Hall–Kier alpha value is -2.62. The average Bonchev–Trinajstić information content (AvgIpc) is 3.13. The fourth-order valence-corrected chi connectivity index (χ4v) is 5.46. The van der Waals surface area contributed by atoms with Crippen LogP contribution in [0.2, 0.25) is 15.1 Å². The Morgan fingerprint density at radius 2 is 1.50 bits per heavy atom. The van der Waals surface area contributed by atoms with E-state index in [1.165, 1.54) is 35.6 Å². The van der Waals surface area contributed by atoms with Crippen LogP contribution in [-0.2, 0) is 0 Å². The second-order valence-electron chi connectivity index (χ2n) is 6.95. The van der Waals surface area contributed by atoms with Crippen molar-refractivity contribution < 1.29 is 14.4 Å². The Balaban J connectivity index is 1.38. The van der Waals surface area contributed by atoms with Gasteiger partial charge in [0.2, 0.25) is 0 Å². The van der Waals surface area contributed by atoms with Gasteiger partial charge in [0, 0.05) is 30.8 Å². The van der Waals surface area contributed by atoms with Crippen LogP contribution in [0.5, 0.6) is 0 Å². The summed E-state index contributed by atoms with van der Waals surface area (Å²) in [6.07, 6.45) is 0. The number of carbonyl (C=O) groups is 3. The highest BCUT2D eigenvalue weighted by atomic mass is 79.9. The molecule has 0 aliphatic carbocycles. The lowest BCUT2D eigenvalue weighted by atomic mass is 10.1. The van der Waals surface area contributed by atoms with Gasteiger partial charge < -0.3 is 5.32 Å². The molecule has 0 bridgehead atoms. The molecule has 3 amide bonds. The molecule has 0 saturated carbocycles. The summed E-state index contributed by atoms with van der Waals surface area (Å²) in [4.78, 5) is 37.7. The standard InChI is InChI=1S/C23H13BrCl3N3O3S/c24-12-3-7-16-18(9-12)34-20(19(16)27)23(33)30-29-21(31)11-1-5-14(6-2-11)28-22(32)15-8-4-13(25)10-17(15)26/h1-10H,(H,28,32)(H,29,31)(H,30,33). The topological polar surface area (TPSA) is 87.3 Å². The molecule has 0 aliphatic heterocycles. The SMILES string of the molecule is O=C(NNC(=O)c1sc2cc(Br)ccc2c1Cl)c1ccc(NC(=O)c2ccc(Cl)cc2Cl)cc1. The molecular formula is C23H13BrCl3N3O3S. The lowest BCUT2D eigenvalue weighted by Crippen LogP contribution is -2.41. The molecule has 0 aliphatic rings. The smallest absolute Gasteiger partial charge is 0.281 e. The van der Waals surface area contributed by atoms with Crippen molar-refractivity contribution in [3.63, 3.8) is 0 Å². The number of amides is 3. The highest BCUT2D eigenvalue weighted by Gasteiger charge is 2.18. The summed E-state index contributed by atoms with van der Waals surface area (Å²) in [5, 5.41) is 4.42. The molecule has 172 valence electrons. The summed E-state index contributed by atoms with van der Waals surface area (Å²) in [5.74, 6) is -1.48. The minimum absolute atomic E-state index is 0.225. The quantitative estimate of drug-likeness (QED) is 0.223. The Bertz CT molecular complexity index is 1440. The summed E-state index contributed by atoms with van der Waals surface area (Å²) in [6.45, 7) is 0. The predicted molar refractivity (Wildman–Crippen MR) is 140 cm³/mol. The molecule has 11 heteroatoms. The third kappa shape index (κ3) is 5.37. The number of halogens is 4. The molecule has 0 unspecified atom stereocenters. The second kappa shape index (κ2) is 10.3. The van der Waals surface area contributed by atoms with Gasteiger partial charge in [-0.05, 0) is 54.6 Å². The number of hydrazine groups is 1. The van der Waals surface area contributed by atoms with Crippen LogP contribution < -0.4 is 16.2 Å². The molecule has 4 rings (SSSR count). The van der Waals surface area contributed by atoms with E-state index in [-0.39, 0.29) is 21.0 Å². The summed E-state index contributed by atoms with van der Waals surface area (Å²) >= 11 is 22.8. The van der Waals surface area contributed by atoms with E-state index < -0.39 is 17.7 Å². The van der Waals surface area contributed by atoms with Crippen molar-refractivity contribution in [2.75, 3.05) is 5.32 Å². The number of hydrogen-bond donors (Lipinski definition) is 3. The van der Waals surface area contributed by atoms with Crippen LogP contribution in [0.25, 0.3) is 10.1 Å². The number of benzene rings is 3. The van der Waals surface area contributed by atoms with Gasteiger partial charge in [-0.1, -0.05) is 56.8 Å². The molecule has 0 fully saturated rings. The van der Waals surface area contributed by atoms with Crippen LogP contribution in [-0.4, -0.2) is 17.7 Å². The van der Waals surface area contributed by atoms with E-state index in [0.29, 0.717) is 15.7 Å². The first-order valence-electron chi connectivity index (χ1n) is 9.57. The van der Waals surface area contributed by atoms with Crippen LogP contribution >= 0.6 is 62.1 Å². The normalized spacial score (nSPS) is 10.7. The first-order valence-corrected chi connectivity index (χ1v) is 12.3. The molecule has 0 saturated heterocycles. The van der Waals surface area contributed by atoms with Gasteiger partial charge in [0.15, 0.2) is 0 Å². The zero-order chi connectivity index (χ0) is 24.4. The van der Waals surface area contributed by atoms with Gasteiger partial charge in [-0.15, -0.1) is 11.3 Å². The van der Waals surface area contributed by atoms with Crippen LogP contribution in [0.1, 0.15) is 30.4 Å². The van der Waals surface area contributed by atoms with Crippen molar-refractivity contribution in [2.24, 2.45) is 0 Å². The molecule has 1 heterocycles. The summed E-state index contributed by atoms with van der Waals surface area (Å²) in [7, 11) is 0. The number of nitrogens with one attached hydrogen (secondary N) is 3. The Labute approximate surface area is 221 Å². The largest absolute Gasteiger partial charge is 0.322 e. The van der Waals surface area contributed by atoms with E-state index in [4.69, 9.17) is 34.8 Å². The number of fused-ring (bicyclic) bond motifs is 1. The molecule has 3 N–H and O–H groups in total. The Morgan fingerprint density at radius 3 is 2.21 bits per heavy atom. The van der Waals surface area contributed by atoms with Crippen molar-refractivity contribution >= 4 is 95.6 Å². The minimum atomic E-state index is -0.535. The van der Waals surface area contributed by atoms with Crippen LogP contribution in [0.3, 0.4) is 0 Å². The molecule has 34 heavy (non-hydrogen) atoms. The maximum atomic E-state index is 12.5. The molecule has 3 aromatic carbocycles. The average molecular weight is 598 g/mol. The molecule has 0 atom stereocenters. The fourth-order valence-electron chi connectivity index (χ4n) is 3.00. The van der Waals surface area contributed by atoms with E-state index in [2.05, 4.69) is 32.1 Å². The van der Waals surface area contributed by atoms with Crippen LogP contribution in [0.4, 0.5) is 5.69 Å². The third-order valence-electron chi connectivity index (χ3n) is 4.67. The lowest BCUT2D eigenvalue weighted by Gasteiger charge is -2.09. The summed E-state index contributed by atoms with van der Waals surface area (Å²) < 4.78 is 1.71. The zero-order valence-corrected chi connectivity index (χ0v) is 21.6. The van der Waals surface area contributed by atoms with Gasteiger partial charge in [-0.25, -0.2) is 0 Å². The Morgan fingerprint density at radius 1 is 0.794 bits per heavy atom. The van der Waals surface area contributed by atoms with Crippen molar-refractivity contribution in [3.8, 4) is 0 Å². The summed E-state index contributed by atoms with van der Waals surface area (Å²) in [6, 6.07) is 16.2. The van der Waals surface area contributed by atoms with Gasteiger partial charge in [0.1, 0.15) is 4.88 Å². The van der Waals surface area contributed by atoms with Crippen LogP contribution in [0.15, 0.2) is 65.1 Å². The maximum Gasteiger partial charge on any atom is 0.281 e. The monoisotopic (exact) mass is 595 g/mol.